The molecular formula is C28H35NO3Si. The highest BCUT2D eigenvalue weighted by Crippen LogP contribution is 2.36. The Hall–Kier alpha value is -2.89. The third-order valence-corrected chi connectivity index (χ3v) is 11.0. The molecule has 0 aliphatic heterocycles. The maximum atomic E-state index is 12.5. The van der Waals surface area contributed by atoms with Crippen molar-refractivity contribution < 1.29 is 14.0 Å². The summed E-state index contributed by atoms with van der Waals surface area (Å²) in [6.07, 6.45) is 0.329. The molecule has 1 N–H and O–H groups in total. The summed E-state index contributed by atoms with van der Waals surface area (Å²) in [6.45, 7) is 9.48. The molecule has 0 saturated heterocycles. The van der Waals surface area contributed by atoms with E-state index in [-0.39, 0.29) is 17.7 Å². The van der Waals surface area contributed by atoms with E-state index in [0.717, 1.165) is 12.0 Å². The van der Waals surface area contributed by atoms with Gasteiger partial charge in [-0.25, -0.2) is 4.79 Å². The van der Waals surface area contributed by atoms with Gasteiger partial charge in [0, 0.05) is 0 Å². The van der Waals surface area contributed by atoms with Crippen LogP contribution in [0.4, 0.5) is 4.79 Å². The molecule has 0 aliphatic carbocycles. The van der Waals surface area contributed by atoms with Crippen LogP contribution in [0.1, 0.15) is 39.7 Å². The number of benzene rings is 3. The number of alkyl carbamates (subject to hydrolysis) is 1. The highest BCUT2D eigenvalue weighted by Gasteiger charge is 2.50. The van der Waals surface area contributed by atoms with Gasteiger partial charge in [-0.15, -0.1) is 0 Å². The molecule has 0 aliphatic rings. The van der Waals surface area contributed by atoms with E-state index in [0.29, 0.717) is 6.61 Å². The van der Waals surface area contributed by atoms with E-state index in [9.17, 15) is 4.79 Å². The fourth-order valence-corrected chi connectivity index (χ4v) is 8.79. The molecule has 0 bridgehead atoms. The monoisotopic (exact) mass is 461 g/mol. The summed E-state index contributed by atoms with van der Waals surface area (Å²) in [5, 5.41) is 5.34. The van der Waals surface area contributed by atoms with Gasteiger partial charge >= 0.3 is 6.09 Å². The van der Waals surface area contributed by atoms with Crippen molar-refractivity contribution in [3.63, 3.8) is 0 Å². The Labute approximate surface area is 199 Å². The maximum absolute atomic E-state index is 12.5. The molecule has 0 aromatic heterocycles. The van der Waals surface area contributed by atoms with Crippen LogP contribution in [0.25, 0.3) is 0 Å². The molecule has 174 valence electrons. The maximum Gasteiger partial charge on any atom is 0.407 e. The van der Waals surface area contributed by atoms with Crippen molar-refractivity contribution in [2.24, 2.45) is 0 Å². The molecule has 0 fully saturated rings. The Morgan fingerprint density at radius 3 is 1.79 bits per heavy atom. The van der Waals surface area contributed by atoms with Crippen LogP contribution in [0.2, 0.25) is 5.04 Å². The third-order valence-electron chi connectivity index (χ3n) is 5.95. The number of nitrogens with one attached hydrogen (secondary N) is 1. The van der Waals surface area contributed by atoms with Crippen molar-refractivity contribution in [1.82, 2.24) is 5.32 Å². The first-order valence-electron chi connectivity index (χ1n) is 11.6. The quantitative estimate of drug-likeness (QED) is 0.442. The van der Waals surface area contributed by atoms with E-state index < -0.39 is 14.4 Å². The van der Waals surface area contributed by atoms with Gasteiger partial charge in [-0.1, -0.05) is 119 Å². The Morgan fingerprint density at radius 2 is 1.33 bits per heavy atom. The highest BCUT2D eigenvalue weighted by molar-refractivity contribution is 6.99. The average molecular weight is 462 g/mol. The van der Waals surface area contributed by atoms with Crippen LogP contribution in [0, 0.1) is 0 Å². The molecule has 5 heteroatoms. The molecule has 3 aromatic carbocycles. The van der Waals surface area contributed by atoms with Crippen molar-refractivity contribution in [3.8, 4) is 0 Å². The van der Waals surface area contributed by atoms with E-state index in [2.05, 4.69) is 81.5 Å². The van der Waals surface area contributed by atoms with Crippen LogP contribution in [-0.4, -0.2) is 27.1 Å². The zero-order valence-corrected chi connectivity index (χ0v) is 21.1. The molecule has 3 rings (SSSR count). The van der Waals surface area contributed by atoms with Crippen LogP contribution < -0.4 is 15.7 Å². The van der Waals surface area contributed by atoms with Crippen molar-refractivity contribution in [2.45, 2.75) is 51.8 Å². The Morgan fingerprint density at radius 1 is 0.848 bits per heavy atom. The number of hydrogen-bond donors (Lipinski definition) is 1. The van der Waals surface area contributed by atoms with Gasteiger partial charge in [0.2, 0.25) is 0 Å². The largest absolute Gasteiger partial charge is 0.445 e. The van der Waals surface area contributed by atoms with Gasteiger partial charge in [-0.2, -0.15) is 0 Å². The van der Waals surface area contributed by atoms with E-state index in [1.807, 2.05) is 42.5 Å². The summed E-state index contributed by atoms with van der Waals surface area (Å²) in [5.41, 5.74) is 0.962. The zero-order chi connectivity index (χ0) is 23.7. The van der Waals surface area contributed by atoms with E-state index in [1.165, 1.54) is 10.4 Å². The van der Waals surface area contributed by atoms with E-state index in [1.54, 1.807) is 0 Å². The minimum absolute atomic E-state index is 0.109. The first-order chi connectivity index (χ1) is 15.9. The zero-order valence-electron chi connectivity index (χ0n) is 20.1. The van der Waals surface area contributed by atoms with Crippen LogP contribution in [0.15, 0.2) is 91.0 Å². The lowest BCUT2D eigenvalue weighted by Gasteiger charge is -2.43. The van der Waals surface area contributed by atoms with Crippen LogP contribution in [-0.2, 0) is 15.8 Å². The van der Waals surface area contributed by atoms with Crippen LogP contribution in [0.5, 0.6) is 0 Å². The minimum Gasteiger partial charge on any atom is -0.445 e. The fraction of sp³-hybridized carbons (Fsp3) is 0.321. The summed E-state index contributed by atoms with van der Waals surface area (Å²) in [5.74, 6) is 0. The van der Waals surface area contributed by atoms with Gasteiger partial charge in [0.25, 0.3) is 8.32 Å². The predicted molar refractivity (Wildman–Crippen MR) is 137 cm³/mol. The highest BCUT2D eigenvalue weighted by atomic mass is 28.4. The summed E-state index contributed by atoms with van der Waals surface area (Å²) >= 11 is 0. The number of hydrogen-bond acceptors (Lipinski definition) is 3. The topological polar surface area (TPSA) is 47.6 Å². The van der Waals surface area contributed by atoms with Crippen molar-refractivity contribution in [1.29, 1.82) is 0 Å². The average Bonchev–Trinajstić information content (AvgIpc) is 2.83. The number of ether oxygens (including phenoxy) is 1. The first-order valence-corrected chi connectivity index (χ1v) is 13.5. The van der Waals surface area contributed by atoms with Crippen LogP contribution >= 0.6 is 0 Å². The number of amides is 1. The summed E-state index contributed by atoms with van der Waals surface area (Å²) in [7, 11) is -2.64. The van der Waals surface area contributed by atoms with E-state index >= 15 is 0 Å². The third kappa shape index (κ3) is 6.12. The molecule has 1 atom stereocenters. The molecule has 1 amide bonds. The summed E-state index contributed by atoms with van der Waals surface area (Å²) in [6, 6.07) is 30.6. The SMILES string of the molecule is CC[C@@H](CO[Si](c1ccccc1)(c1ccccc1)C(C)(C)C)NC(=O)OCc1ccccc1. The van der Waals surface area contributed by atoms with Gasteiger partial charge in [0.15, 0.2) is 0 Å². The molecule has 0 unspecified atom stereocenters. The molecular weight excluding hydrogens is 426 g/mol. The Balaban J connectivity index is 1.79. The van der Waals surface area contributed by atoms with Crippen LogP contribution in [0.3, 0.4) is 0 Å². The molecule has 0 spiro atoms. The predicted octanol–water partition coefficient (Wildman–Crippen LogP) is 5.27. The smallest absolute Gasteiger partial charge is 0.407 e. The Kier molecular flexibility index (Phi) is 8.47. The summed E-state index contributed by atoms with van der Waals surface area (Å²) in [4.78, 5) is 12.5. The number of rotatable bonds is 9. The molecule has 0 heterocycles. The van der Waals surface area contributed by atoms with Gasteiger partial charge in [-0.05, 0) is 27.4 Å². The Bertz CT molecular complexity index is 948. The van der Waals surface area contributed by atoms with Gasteiger partial charge in [0.1, 0.15) is 6.61 Å². The molecule has 0 saturated carbocycles. The van der Waals surface area contributed by atoms with E-state index in [4.69, 9.17) is 9.16 Å². The second-order valence-corrected chi connectivity index (χ2v) is 13.6. The van der Waals surface area contributed by atoms with Gasteiger partial charge in [-0.3, -0.25) is 0 Å². The fourth-order valence-electron chi connectivity index (χ4n) is 4.18. The van der Waals surface area contributed by atoms with Crippen molar-refractivity contribution >= 4 is 24.8 Å². The number of carbonyl (C=O) groups excluding carboxylic acids is 1. The lowest BCUT2D eigenvalue weighted by Crippen LogP contribution is -2.67. The second kappa shape index (κ2) is 11.3. The second-order valence-electron chi connectivity index (χ2n) is 9.29. The van der Waals surface area contributed by atoms with Gasteiger partial charge in [0.05, 0.1) is 12.6 Å². The molecule has 33 heavy (non-hydrogen) atoms. The standard InChI is InChI=1S/C28H35NO3Si/c1-5-24(29-27(30)31-21-23-15-9-6-10-16-23)22-32-33(28(2,3)4,25-17-11-7-12-18-25)26-19-13-8-14-20-26/h6-20,24H,5,21-22H2,1-4H3,(H,29,30)/t24-/m0/s1. The first kappa shape index (κ1) is 24.7. The van der Waals surface area contributed by atoms with Gasteiger partial charge < -0.3 is 14.5 Å². The lowest BCUT2D eigenvalue weighted by molar-refractivity contribution is 0.129. The van der Waals surface area contributed by atoms with Crippen molar-refractivity contribution in [3.05, 3.63) is 96.6 Å². The molecule has 4 nitrogen and oxygen atoms in total. The summed E-state index contributed by atoms with van der Waals surface area (Å²) < 4.78 is 12.4. The molecule has 3 aromatic rings. The van der Waals surface area contributed by atoms with Crippen molar-refractivity contribution in [2.75, 3.05) is 6.61 Å². The molecule has 0 radical (unpaired) electrons. The minimum atomic E-state index is -2.64. The normalized spacial score (nSPS) is 12.7. The lowest BCUT2D eigenvalue weighted by atomic mass is 10.2. The number of carbonyl (C=O) groups is 1.